The molecule has 2 aromatic carbocycles. The van der Waals surface area contributed by atoms with E-state index in [2.05, 4.69) is 34.4 Å². The molecule has 1 N–H and O–H groups in total. The van der Waals surface area contributed by atoms with Crippen LogP contribution in [0.1, 0.15) is 11.1 Å². The maximum Gasteiger partial charge on any atom is 0.127 e. The first-order chi connectivity index (χ1) is 11.3. The van der Waals surface area contributed by atoms with E-state index in [1.165, 1.54) is 16.5 Å². The molecule has 23 heavy (non-hydrogen) atoms. The lowest BCUT2D eigenvalue weighted by molar-refractivity contribution is 0.402. The predicted molar refractivity (Wildman–Crippen MR) is 94.0 cm³/mol. The Bertz CT molecular complexity index is 821. The van der Waals surface area contributed by atoms with Gasteiger partial charge in [0.2, 0.25) is 0 Å². The van der Waals surface area contributed by atoms with Gasteiger partial charge in [0.05, 0.1) is 14.2 Å². The molecule has 0 saturated carbocycles. The molecule has 0 spiro atoms. The van der Waals surface area contributed by atoms with Gasteiger partial charge in [-0.3, -0.25) is 4.99 Å². The Kier molecular flexibility index (Phi) is 4.62. The van der Waals surface area contributed by atoms with Gasteiger partial charge in [0.1, 0.15) is 11.5 Å². The Morgan fingerprint density at radius 3 is 2.78 bits per heavy atom. The van der Waals surface area contributed by atoms with Crippen molar-refractivity contribution < 1.29 is 9.47 Å². The van der Waals surface area contributed by atoms with Crippen LogP contribution in [0.5, 0.6) is 11.5 Å². The zero-order valence-corrected chi connectivity index (χ0v) is 13.4. The van der Waals surface area contributed by atoms with E-state index in [1.54, 1.807) is 14.2 Å². The van der Waals surface area contributed by atoms with Gasteiger partial charge in [-0.25, -0.2) is 0 Å². The van der Waals surface area contributed by atoms with Gasteiger partial charge in [0, 0.05) is 35.4 Å². The van der Waals surface area contributed by atoms with Crippen molar-refractivity contribution >= 4 is 17.1 Å². The van der Waals surface area contributed by atoms with Crippen LogP contribution in [0, 0.1) is 0 Å². The van der Waals surface area contributed by atoms with Crippen molar-refractivity contribution in [3.8, 4) is 11.5 Å². The van der Waals surface area contributed by atoms with Crippen molar-refractivity contribution in [3.63, 3.8) is 0 Å². The van der Waals surface area contributed by atoms with Gasteiger partial charge in [-0.05, 0) is 36.2 Å². The van der Waals surface area contributed by atoms with Crippen LogP contribution in [0.3, 0.4) is 0 Å². The standard InChI is InChI=1S/C19H20N2O2/c1-22-16-7-8-19(23-2)15(11-16)12-20-10-9-14-13-21-18-6-4-3-5-17(14)18/h3-8,11-13,21H,9-10H2,1-2H3. The number of hydrogen-bond donors (Lipinski definition) is 1. The van der Waals surface area contributed by atoms with Gasteiger partial charge in [-0.15, -0.1) is 0 Å². The molecule has 1 heterocycles. The molecule has 4 nitrogen and oxygen atoms in total. The highest BCUT2D eigenvalue weighted by Gasteiger charge is 2.03. The van der Waals surface area contributed by atoms with Crippen molar-refractivity contribution in [1.29, 1.82) is 0 Å². The Balaban J connectivity index is 1.69. The van der Waals surface area contributed by atoms with Crippen LogP contribution in [0.15, 0.2) is 53.7 Å². The molecule has 4 heteroatoms. The van der Waals surface area contributed by atoms with Gasteiger partial charge in [-0.1, -0.05) is 18.2 Å². The van der Waals surface area contributed by atoms with E-state index in [0.717, 1.165) is 30.0 Å². The molecule has 0 fully saturated rings. The first kappa shape index (κ1) is 15.2. The summed E-state index contributed by atoms with van der Waals surface area (Å²) in [7, 11) is 3.31. The Labute approximate surface area is 135 Å². The van der Waals surface area contributed by atoms with Crippen LogP contribution in [-0.4, -0.2) is 32.0 Å². The first-order valence-corrected chi connectivity index (χ1v) is 7.58. The molecular weight excluding hydrogens is 288 g/mol. The van der Waals surface area contributed by atoms with E-state index in [-0.39, 0.29) is 0 Å². The summed E-state index contributed by atoms with van der Waals surface area (Å²) in [4.78, 5) is 7.82. The highest BCUT2D eigenvalue weighted by Crippen LogP contribution is 2.22. The number of H-pyrrole nitrogens is 1. The minimum Gasteiger partial charge on any atom is -0.497 e. The topological polar surface area (TPSA) is 46.6 Å². The molecule has 0 radical (unpaired) electrons. The summed E-state index contributed by atoms with van der Waals surface area (Å²) in [6, 6.07) is 14.0. The quantitative estimate of drug-likeness (QED) is 0.703. The summed E-state index contributed by atoms with van der Waals surface area (Å²) in [6.45, 7) is 0.724. The molecule has 118 valence electrons. The van der Waals surface area contributed by atoms with Crippen LogP contribution in [0.4, 0.5) is 0 Å². The molecule has 1 aromatic heterocycles. The number of aliphatic imine (C=N–C) groups is 1. The van der Waals surface area contributed by atoms with Gasteiger partial charge >= 0.3 is 0 Å². The zero-order valence-electron chi connectivity index (χ0n) is 13.4. The number of nitrogens with one attached hydrogen (secondary N) is 1. The molecule has 0 unspecified atom stereocenters. The van der Waals surface area contributed by atoms with Crippen molar-refractivity contribution in [2.45, 2.75) is 6.42 Å². The minimum atomic E-state index is 0.724. The maximum absolute atomic E-state index is 5.35. The lowest BCUT2D eigenvalue weighted by atomic mass is 10.1. The third kappa shape index (κ3) is 3.37. The van der Waals surface area contributed by atoms with Gasteiger partial charge in [0.15, 0.2) is 0 Å². The summed E-state index contributed by atoms with van der Waals surface area (Å²) in [6.07, 6.45) is 4.80. The number of fused-ring (bicyclic) bond motifs is 1. The number of aromatic nitrogens is 1. The molecule has 3 aromatic rings. The van der Waals surface area contributed by atoms with E-state index in [9.17, 15) is 0 Å². The van der Waals surface area contributed by atoms with E-state index < -0.39 is 0 Å². The number of rotatable bonds is 6. The van der Waals surface area contributed by atoms with Gasteiger partial charge in [0.25, 0.3) is 0 Å². The summed E-state index contributed by atoms with van der Waals surface area (Å²) >= 11 is 0. The molecular formula is C19H20N2O2. The monoisotopic (exact) mass is 308 g/mol. The number of ether oxygens (including phenoxy) is 2. The van der Waals surface area contributed by atoms with Crippen molar-refractivity contribution in [2.24, 2.45) is 4.99 Å². The SMILES string of the molecule is COc1ccc(OC)c(C=NCCc2c[nH]c3ccccc23)c1. The van der Waals surface area contributed by atoms with Crippen LogP contribution >= 0.6 is 0 Å². The number of aromatic amines is 1. The average Bonchev–Trinajstić information content (AvgIpc) is 3.01. The second-order valence-electron chi connectivity index (χ2n) is 5.25. The van der Waals surface area contributed by atoms with E-state index in [4.69, 9.17) is 9.47 Å². The van der Waals surface area contributed by atoms with E-state index in [0.29, 0.717) is 0 Å². The fourth-order valence-corrected chi connectivity index (χ4v) is 2.63. The summed E-state index contributed by atoms with van der Waals surface area (Å²) in [5.41, 5.74) is 3.38. The second kappa shape index (κ2) is 7.01. The van der Waals surface area contributed by atoms with Crippen LogP contribution < -0.4 is 9.47 Å². The van der Waals surface area contributed by atoms with E-state index in [1.807, 2.05) is 30.5 Å². The number of nitrogens with zero attached hydrogens (tertiary/aromatic N) is 1. The third-order valence-electron chi connectivity index (χ3n) is 3.85. The Morgan fingerprint density at radius 1 is 1.09 bits per heavy atom. The molecule has 0 bridgehead atoms. The minimum absolute atomic E-state index is 0.724. The first-order valence-electron chi connectivity index (χ1n) is 7.58. The molecule has 0 aliphatic heterocycles. The zero-order chi connectivity index (χ0) is 16.1. The van der Waals surface area contributed by atoms with Gasteiger partial charge < -0.3 is 14.5 Å². The smallest absolute Gasteiger partial charge is 0.127 e. The van der Waals surface area contributed by atoms with Crippen molar-refractivity contribution in [3.05, 3.63) is 59.8 Å². The lowest BCUT2D eigenvalue weighted by Gasteiger charge is -2.06. The third-order valence-corrected chi connectivity index (χ3v) is 3.85. The number of methoxy groups -OCH3 is 2. The second-order valence-corrected chi connectivity index (χ2v) is 5.25. The summed E-state index contributed by atoms with van der Waals surface area (Å²) in [5.74, 6) is 1.59. The average molecular weight is 308 g/mol. The largest absolute Gasteiger partial charge is 0.497 e. The summed E-state index contributed by atoms with van der Waals surface area (Å²) in [5, 5.41) is 1.27. The fourth-order valence-electron chi connectivity index (χ4n) is 2.63. The molecule has 0 amide bonds. The lowest BCUT2D eigenvalue weighted by Crippen LogP contribution is -1.94. The highest BCUT2D eigenvalue weighted by atomic mass is 16.5. The van der Waals surface area contributed by atoms with Crippen LogP contribution in [-0.2, 0) is 6.42 Å². The fraction of sp³-hybridized carbons (Fsp3) is 0.211. The number of hydrogen-bond acceptors (Lipinski definition) is 3. The van der Waals surface area contributed by atoms with Crippen LogP contribution in [0.25, 0.3) is 10.9 Å². The number of para-hydroxylation sites is 1. The Morgan fingerprint density at radius 2 is 1.96 bits per heavy atom. The molecule has 0 aliphatic rings. The normalized spacial score (nSPS) is 11.2. The van der Waals surface area contributed by atoms with Crippen LogP contribution in [0.2, 0.25) is 0 Å². The molecule has 3 rings (SSSR count). The Hall–Kier alpha value is -2.75. The highest BCUT2D eigenvalue weighted by molar-refractivity contribution is 5.85. The molecule has 0 aliphatic carbocycles. The van der Waals surface area contributed by atoms with Crippen molar-refractivity contribution in [2.75, 3.05) is 20.8 Å². The number of benzene rings is 2. The molecule has 0 saturated heterocycles. The summed E-state index contributed by atoms with van der Waals surface area (Å²) < 4.78 is 10.6. The van der Waals surface area contributed by atoms with Gasteiger partial charge in [-0.2, -0.15) is 0 Å². The van der Waals surface area contributed by atoms with E-state index >= 15 is 0 Å². The maximum atomic E-state index is 5.35. The van der Waals surface area contributed by atoms with Crippen molar-refractivity contribution in [1.82, 2.24) is 4.98 Å². The molecule has 0 atom stereocenters. The predicted octanol–water partition coefficient (Wildman–Crippen LogP) is 3.85.